The number of thiophene rings is 1. The quantitative estimate of drug-likeness (QED) is 0.523. The van der Waals surface area contributed by atoms with Crippen molar-refractivity contribution < 1.29 is 14.1 Å². The normalized spacial score (nSPS) is 12.1. The molecule has 0 saturated carbocycles. The van der Waals surface area contributed by atoms with Crippen LogP contribution in [0, 0.1) is 0 Å². The summed E-state index contributed by atoms with van der Waals surface area (Å²) in [7, 11) is 0. The van der Waals surface area contributed by atoms with Crippen LogP contribution in [0.4, 0.5) is 0 Å². The number of nitrogens with zero attached hydrogens (tertiary/aromatic N) is 2. The average molecular weight is 414 g/mol. The van der Waals surface area contributed by atoms with Gasteiger partial charge in [0.2, 0.25) is 17.6 Å². The van der Waals surface area contributed by atoms with E-state index in [1.807, 2.05) is 49.7 Å². The predicted octanol–water partition coefficient (Wildman–Crippen LogP) is 4.66. The van der Waals surface area contributed by atoms with Crippen LogP contribution < -0.4 is 10.1 Å². The van der Waals surface area contributed by atoms with Gasteiger partial charge in [0, 0.05) is 29.8 Å². The molecule has 3 rings (SSSR count). The fourth-order valence-electron chi connectivity index (χ4n) is 2.90. The highest BCUT2D eigenvalue weighted by Gasteiger charge is 2.12. The van der Waals surface area contributed by atoms with Crippen LogP contribution in [0.2, 0.25) is 0 Å². The van der Waals surface area contributed by atoms with Gasteiger partial charge in [-0.2, -0.15) is 16.3 Å². The second kappa shape index (κ2) is 10.2. The van der Waals surface area contributed by atoms with E-state index in [2.05, 4.69) is 27.6 Å². The first-order chi connectivity index (χ1) is 14.0. The van der Waals surface area contributed by atoms with Crippen LogP contribution in [0.25, 0.3) is 11.4 Å². The number of carbonyl (C=O) groups excluding carboxylic acids is 1. The molecule has 0 fully saturated rings. The van der Waals surface area contributed by atoms with Gasteiger partial charge in [0.05, 0.1) is 6.10 Å². The summed E-state index contributed by atoms with van der Waals surface area (Å²) in [6, 6.07) is 10.2. The summed E-state index contributed by atoms with van der Waals surface area (Å²) in [4.78, 5) is 16.5. The first kappa shape index (κ1) is 21.0. The average Bonchev–Trinajstić information content (AvgIpc) is 3.37. The van der Waals surface area contributed by atoms with Crippen molar-refractivity contribution in [2.45, 2.75) is 58.6 Å². The number of hydrogen-bond donors (Lipinski definition) is 1. The molecule has 0 bridgehead atoms. The van der Waals surface area contributed by atoms with Crippen molar-refractivity contribution in [3.05, 3.63) is 52.5 Å². The number of ether oxygens (including phenoxy) is 1. The van der Waals surface area contributed by atoms with E-state index in [1.54, 1.807) is 11.3 Å². The van der Waals surface area contributed by atoms with Crippen LogP contribution in [0.1, 0.15) is 45.1 Å². The maximum absolute atomic E-state index is 12.2. The molecule has 1 aromatic carbocycles. The number of aryl methyl sites for hydroxylation is 2. The van der Waals surface area contributed by atoms with Crippen molar-refractivity contribution in [1.29, 1.82) is 0 Å². The van der Waals surface area contributed by atoms with Crippen molar-refractivity contribution in [1.82, 2.24) is 15.5 Å². The van der Waals surface area contributed by atoms with E-state index in [9.17, 15) is 4.79 Å². The molecule has 0 aliphatic rings. The zero-order valence-electron chi connectivity index (χ0n) is 17.1. The molecule has 0 spiro atoms. The summed E-state index contributed by atoms with van der Waals surface area (Å²) in [5.41, 5.74) is 2.17. The fraction of sp³-hybridized carbons (Fsp3) is 0.409. The van der Waals surface area contributed by atoms with Crippen LogP contribution in [0.15, 0.2) is 45.6 Å². The molecule has 1 N–H and O–H groups in total. The largest absolute Gasteiger partial charge is 0.491 e. The highest BCUT2D eigenvalue weighted by atomic mass is 32.1. The van der Waals surface area contributed by atoms with Crippen molar-refractivity contribution in [3.63, 3.8) is 0 Å². The molecule has 0 radical (unpaired) electrons. The number of amides is 1. The number of nitrogens with one attached hydrogen (secondary N) is 1. The molecular formula is C22H27N3O3S. The van der Waals surface area contributed by atoms with Crippen LogP contribution in [0.3, 0.4) is 0 Å². The Morgan fingerprint density at radius 2 is 1.97 bits per heavy atom. The van der Waals surface area contributed by atoms with Gasteiger partial charge in [-0.05, 0) is 62.8 Å². The van der Waals surface area contributed by atoms with E-state index < -0.39 is 0 Å². The summed E-state index contributed by atoms with van der Waals surface area (Å²) in [6.07, 6.45) is 2.71. The minimum atomic E-state index is -0.00605. The second-order valence-electron chi connectivity index (χ2n) is 7.34. The smallest absolute Gasteiger partial charge is 0.227 e. The molecule has 0 aliphatic heterocycles. The molecule has 3 aromatic rings. The van der Waals surface area contributed by atoms with Gasteiger partial charge in [-0.3, -0.25) is 4.79 Å². The summed E-state index contributed by atoms with van der Waals surface area (Å²) < 4.78 is 10.9. The maximum Gasteiger partial charge on any atom is 0.227 e. The van der Waals surface area contributed by atoms with Crippen molar-refractivity contribution in [2.75, 3.05) is 0 Å². The number of rotatable bonds is 10. The molecule has 1 unspecified atom stereocenters. The number of benzene rings is 1. The predicted molar refractivity (Wildman–Crippen MR) is 114 cm³/mol. The third kappa shape index (κ3) is 6.71. The van der Waals surface area contributed by atoms with Gasteiger partial charge < -0.3 is 14.6 Å². The number of aromatic nitrogens is 2. The monoisotopic (exact) mass is 413 g/mol. The SMILES string of the molecule is CC(CCc1ccc(OC(C)C)cc1)NC(=O)CCc1nc(-c2ccsc2)no1. The molecule has 1 amide bonds. The molecule has 29 heavy (non-hydrogen) atoms. The molecule has 0 aliphatic carbocycles. The van der Waals surface area contributed by atoms with Crippen molar-refractivity contribution in [3.8, 4) is 17.1 Å². The van der Waals surface area contributed by atoms with Gasteiger partial charge >= 0.3 is 0 Å². The Bertz CT molecular complexity index is 888. The Morgan fingerprint density at radius 1 is 1.17 bits per heavy atom. The van der Waals surface area contributed by atoms with E-state index in [0.29, 0.717) is 24.6 Å². The molecule has 6 nitrogen and oxygen atoms in total. The van der Waals surface area contributed by atoms with E-state index in [4.69, 9.17) is 9.26 Å². The van der Waals surface area contributed by atoms with E-state index in [0.717, 1.165) is 24.2 Å². The third-order valence-electron chi connectivity index (χ3n) is 4.38. The van der Waals surface area contributed by atoms with Gasteiger partial charge in [-0.15, -0.1) is 0 Å². The lowest BCUT2D eigenvalue weighted by Gasteiger charge is -2.14. The summed E-state index contributed by atoms with van der Waals surface area (Å²) in [6.45, 7) is 6.05. The molecule has 1 atom stereocenters. The summed E-state index contributed by atoms with van der Waals surface area (Å²) in [5, 5.41) is 10.9. The Balaban J connectivity index is 1.38. The van der Waals surface area contributed by atoms with Crippen LogP contribution in [-0.2, 0) is 17.6 Å². The first-order valence-corrected chi connectivity index (χ1v) is 10.8. The summed E-state index contributed by atoms with van der Waals surface area (Å²) in [5.74, 6) is 1.93. The molecule has 0 saturated heterocycles. The Kier molecular flexibility index (Phi) is 7.41. The van der Waals surface area contributed by atoms with Gasteiger partial charge in [0.25, 0.3) is 0 Å². The van der Waals surface area contributed by atoms with Crippen LogP contribution >= 0.6 is 11.3 Å². The minimum absolute atomic E-state index is 0.00605. The van der Waals surface area contributed by atoms with Crippen molar-refractivity contribution in [2.24, 2.45) is 0 Å². The molecule has 2 aromatic heterocycles. The Hall–Kier alpha value is -2.67. The topological polar surface area (TPSA) is 77.2 Å². The van der Waals surface area contributed by atoms with Gasteiger partial charge in [-0.25, -0.2) is 0 Å². The third-order valence-corrected chi connectivity index (χ3v) is 5.07. The molecule has 154 valence electrons. The highest BCUT2D eigenvalue weighted by Crippen LogP contribution is 2.19. The van der Waals surface area contributed by atoms with Crippen LogP contribution in [-0.4, -0.2) is 28.2 Å². The zero-order chi connectivity index (χ0) is 20.6. The van der Waals surface area contributed by atoms with E-state index in [1.165, 1.54) is 5.56 Å². The highest BCUT2D eigenvalue weighted by molar-refractivity contribution is 7.08. The van der Waals surface area contributed by atoms with E-state index >= 15 is 0 Å². The van der Waals surface area contributed by atoms with Gasteiger partial charge in [0.15, 0.2) is 0 Å². The van der Waals surface area contributed by atoms with Gasteiger partial charge in [-0.1, -0.05) is 17.3 Å². The Labute approximate surface area is 175 Å². The van der Waals surface area contributed by atoms with Crippen molar-refractivity contribution >= 4 is 17.2 Å². The lowest BCUT2D eigenvalue weighted by Crippen LogP contribution is -2.33. The standard InChI is InChI=1S/C22H27N3O3S/c1-15(2)27-19-8-6-17(7-9-19)5-4-16(3)23-20(26)10-11-21-24-22(25-28-21)18-12-13-29-14-18/h6-9,12-16H,4-5,10-11H2,1-3H3,(H,23,26). The molecule has 2 heterocycles. The lowest BCUT2D eigenvalue weighted by molar-refractivity contribution is -0.121. The summed E-state index contributed by atoms with van der Waals surface area (Å²) >= 11 is 1.58. The fourth-order valence-corrected chi connectivity index (χ4v) is 3.53. The second-order valence-corrected chi connectivity index (χ2v) is 8.12. The number of hydrogen-bond acceptors (Lipinski definition) is 6. The van der Waals surface area contributed by atoms with Crippen LogP contribution in [0.5, 0.6) is 5.75 Å². The first-order valence-electron chi connectivity index (χ1n) is 9.89. The van der Waals surface area contributed by atoms with Gasteiger partial charge in [0.1, 0.15) is 5.75 Å². The van der Waals surface area contributed by atoms with E-state index in [-0.39, 0.29) is 18.1 Å². The Morgan fingerprint density at radius 3 is 2.66 bits per heavy atom. The lowest BCUT2D eigenvalue weighted by atomic mass is 10.1. The zero-order valence-corrected chi connectivity index (χ0v) is 17.9. The maximum atomic E-state index is 12.2. The molecule has 7 heteroatoms. The number of carbonyl (C=O) groups is 1. The molecular weight excluding hydrogens is 386 g/mol. The minimum Gasteiger partial charge on any atom is -0.491 e.